The molecule has 2 aliphatic carbocycles. The Hall–Kier alpha value is -2.21. The largest absolute Gasteiger partial charge is 0.494 e. The zero-order chi connectivity index (χ0) is 17.6. The summed E-state index contributed by atoms with van der Waals surface area (Å²) in [6, 6.07) is 4.69. The standard InChI is InChI=1S/C19H21FN2O3/c1-25-15-8-11(2-5-14(15)20)10-21-6-7-22-18(23)16-12-3-4-13(9-12)17(16)19(22)24/h2-5,8,12-13,16-17,21H,6-7,9-10H2,1H3/t12-,13-,16+,17+/m0/s1. The van der Waals surface area contributed by atoms with Crippen molar-refractivity contribution in [3.05, 3.63) is 41.7 Å². The van der Waals surface area contributed by atoms with Gasteiger partial charge in [-0.05, 0) is 36.0 Å². The maximum atomic E-state index is 13.4. The van der Waals surface area contributed by atoms with E-state index in [2.05, 4.69) is 17.5 Å². The topological polar surface area (TPSA) is 58.6 Å². The minimum Gasteiger partial charge on any atom is -0.494 e. The van der Waals surface area contributed by atoms with Gasteiger partial charge in [-0.2, -0.15) is 0 Å². The number of halogens is 1. The van der Waals surface area contributed by atoms with Crippen LogP contribution in [0.4, 0.5) is 4.39 Å². The first kappa shape index (κ1) is 16.3. The van der Waals surface area contributed by atoms with E-state index in [9.17, 15) is 14.0 Å². The van der Waals surface area contributed by atoms with E-state index in [4.69, 9.17) is 4.74 Å². The molecule has 0 spiro atoms. The maximum absolute atomic E-state index is 13.4. The third-order valence-electron chi connectivity index (χ3n) is 5.62. The molecule has 4 rings (SSSR count). The molecule has 1 saturated heterocycles. The van der Waals surface area contributed by atoms with Crippen LogP contribution in [-0.2, 0) is 16.1 Å². The van der Waals surface area contributed by atoms with Crippen LogP contribution in [0, 0.1) is 29.5 Å². The van der Waals surface area contributed by atoms with Crippen molar-refractivity contribution < 1.29 is 18.7 Å². The van der Waals surface area contributed by atoms with E-state index in [0.29, 0.717) is 19.6 Å². The van der Waals surface area contributed by atoms with Crippen LogP contribution in [0.25, 0.3) is 0 Å². The fourth-order valence-electron chi connectivity index (χ4n) is 4.42. The van der Waals surface area contributed by atoms with Gasteiger partial charge < -0.3 is 10.1 Å². The smallest absolute Gasteiger partial charge is 0.233 e. The van der Waals surface area contributed by atoms with Crippen molar-refractivity contribution in [1.82, 2.24) is 10.2 Å². The number of fused-ring (bicyclic) bond motifs is 5. The third-order valence-corrected chi connectivity index (χ3v) is 5.62. The molecule has 4 atom stereocenters. The lowest BCUT2D eigenvalue weighted by atomic mass is 9.85. The number of hydrogen-bond acceptors (Lipinski definition) is 4. The third kappa shape index (κ3) is 2.65. The Morgan fingerprint density at radius 2 is 1.88 bits per heavy atom. The molecule has 0 aromatic heterocycles. The van der Waals surface area contributed by atoms with E-state index in [1.807, 2.05) is 0 Å². The first-order valence-electron chi connectivity index (χ1n) is 8.67. The minimum atomic E-state index is -0.394. The van der Waals surface area contributed by atoms with E-state index < -0.39 is 5.82 Å². The second kappa shape index (κ2) is 6.26. The monoisotopic (exact) mass is 344 g/mol. The molecule has 2 amide bonds. The second-order valence-electron chi connectivity index (χ2n) is 6.97. The second-order valence-corrected chi connectivity index (χ2v) is 6.97. The molecule has 6 heteroatoms. The van der Waals surface area contributed by atoms with E-state index in [-0.39, 0.29) is 41.2 Å². The van der Waals surface area contributed by atoms with Gasteiger partial charge in [-0.15, -0.1) is 0 Å². The van der Waals surface area contributed by atoms with E-state index >= 15 is 0 Å². The molecule has 5 nitrogen and oxygen atoms in total. The quantitative estimate of drug-likeness (QED) is 0.485. The van der Waals surface area contributed by atoms with E-state index in [1.165, 1.54) is 18.1 Å². The van der Waals surface area contributed by atoms with Crippen molar-refractivity contribution >= 4 is 11.8 Å². The number of rotatable bonds is 6. The number of methoxy groups -OCH3 is 1. The molecule has 0 unspecified atom stereocenters. The number of carbonyl (C=O) groups is 2. The number of hydrogen-bond donors (Lipinski definition) is 1. The van der Waals surface area contributed by atoms with Gasteiger partial charge in [0.1, 0.15) is 0 Å². The molecule has 25 heavy (non-hydrogen) atoms. The molecule has 1 aromatic rings. The van der Waals surface area contributed by atoms with Crippen LogP contribution in [0.15, 0.2) is 30.4 Å². The molecule has 3 aliphatic rings. The Kier molecular flexibility index (Phi) is 4.07. The van der Waals surface area contributed by atoms with Gasteiger partial charge in [0.25, 0.3) is 0 Å². The Morgan fingerprint density at radius 1 is 1.20 bits per heavy atom. The van der Waals surface area contributed by atoms with Gasteiger partial charge in [0.2, 0.25) is 11.8 Å². The Labute approximate surface area is 145 Å². The summed E-state index contributed by atoms with van der Waals surface area (Å²) in [5, 5.41) is 3.20. The molecule has 1 aliphatic heterocycles. The highest BCUT2D eigenvalue weighted by Crippen LogP contribution is 2.52. The van der Waals surface area contributed by atoms with Gasteiger partial charge in [0.05, 0.1) is 18.9 Å². The lowest BCUT2D eigenvalue weighted by Crippen LogP contribution is -2.38. The zero-order valence-corrected chi connectivity index (χ0v) is 14.1. The Bertz CT molecular complexity index is 718. The number of allylic oxidation sites excluding steroid dienone is 2. The molecule has 0 radical (unpaired) electrons. The van der Waals surface area contributed by atoms with E-state index in [0.717, 1.165) is 12.0 Å². The summed E-state index contributed by atoms with van der Waals surface area (Å²) >= 11 is 0. The number of nitrogens with one attached hydrogen (secondary N) is 1. The van der Waals surface area contributed by atoms with Crippen LogP contribution in [0.5, 0.6) is 5.75 Å². The van der Waals surface area contributed by atoms with Crippen molar-refractivity contribution in [3.8, 4) is 5.75 Å². The van der Waals surface area contributed by atoms with Gasteiger partial charge in [0.15, 0.2) is 11.6 Å². The summed E-state index contributed by atoms with van der Waals surface area (Å²) in [6.45, 7) is 1.41. The molecular weight excluding hydrogens is 323 g/mol. The van der Waals surface area contributed by atoms with Gasteiger partial charge in [0, 0.05) is 19.6 Å². The summed E-state index contributed by atoms with van der Waals surface area (Å²) in [4.78, 5) is 26.5. The fraction of sp³-hybridized carbons (Fsp3) is 0.474. The summed E-state index contributed by atoms with van der Waals surface area (Å²) < 4.78 is 18.4. The normalized spacial score (nSPS) is 29.6. The lowest BCUT2D eigenvalue weighted by molar-refractivity contribution is -0.140. The molecular formula is C19H21FN2O3. The SMILES string of the molecule is COc1cc(CNCCN2C(=O)[C@H]3[C@H](C2=O)[C@H]2C=C[C@H]3C2)ccc1F. The predicted octanol–water partition coefficient (Wildman–Crippen LogP) is 1.73. The summed E-state index contributed by atoms with van der Waals surface area (Å²) in [7, 11) is 1.43. The number of nitrogens with zero attached hydrogens (tertiary/aromatic N) is 1. The van der Waals surface area contributed by atoms with Crippen LogP contribution in [0.3, 0.4) is 0 Å². The minimum absolute atomic E-state index is 0.0166. The highest BCUT2D eigenvalue weighted by atomic mass is 19.1. The number of carbonyl (C=O) groups excluding carboxylic acids is 2. The molecule has 1 aromatic carbocycles. The summed E-state index contributed by atoms with van der Waals surface area (Å²) in [5.74, 6) is 0.00314. The van der Waals surface area contributed by atoms with Gasteiger partial charge in [-0.25, -0.2) is 4.39 Å². The molecule has 2 fully saturated rings. The van der Waals surface area contributed by atoms with Gasteiger partial charge in [-0.3, -0.25) is 14.5 Å². The summed E-state index contributed by atoms with van der Waals surface area (Å²) in [5.41, 5.74) is 0.886. The first-order valence-corrected chi connectivity index (χ1v) is 8.67. The number of ether oxygens (including phenoxy) is 1. The maximum Gasteiger partial charge on any atom is 0.233 e. The number of likely N-dealkylation sites (tertiary alicyclic amines) is 1. The lowest BCUT2D eigenvalue weighted by Gasteiger charge is -2.17. The summed E-state index contributed by atoms with van der Waals surface area (Å²) in [6.07, 6.45) is 5.15. The molecule has 2 bridgehead atoms. The van der Waals surface area contributed by atoms with Crippen LogP contribution < -0.4 is 10.1 Å². The first-order chi connectivity index (χ1) is 12.1. The Morgan fingerprint density at radius 3 is 2.52 bits per heavy atom. The van der Waals surface area contributed by atoms with E-state index in [1.54, 1.807) is 12.1 Å². The highest BCUT2D eigenvalue weighted by molar-refractivity contribution is 6.06. The van der Waals surface area contributed by atoms with Crippen molar-refractivity contribution in [2.75, 3.05) is 20.2 Å². The fourth-order valence-corrected chi connectivity index (χ4v) is 4.42. The van der Waals surface area contributed by atoms with Crippen molar-refractivity contribution in [2.24, 2.45) is 23.7 Å². The molecule has 1 heterocycles. The van der Waals surface area contributed by atoms with Crippen molar-refractivity contribution in [1.29, 1.82) is 0 Å². The van der Waals surface area contributed by atoms with Gasteiger partial charge >= 0.3 is 0 Å². The van der Waals surface area contributed by atoms with Crippen LogP contribution in [0.2, 0.25) is 0 Å². The Balaban J connectivity index is 1.31. The van der Waals surface area contributed by atoms with Crippen LogP contribution >= 0.6 is 0 Å². The van der Waals surface area contributed by atoms with Crippen molar-refractivity contribution in [3.63, 3.8) is 0 Å². The molecule has 1 N–H and O–H groups in total. The van der Waals surface area contributed by atoms with Crippen LogP contribution in [0.1, 0.15) is 12.0 Å². The number of amides is 2. The predicted molar refractivity (Wildman–Crippen MR) is 89.1 cm³/mol. The molecule has 1 saturated carbocycles. The number of imide groups is 1. The van der Waals surface area contributed by atoms with Gasteiger partial charge in [-0.1, -0.05) is 18.2 Å². The number of benzene rings is 1. The van der Waals surface area contributed by atoms with Crippen LogP contribution in [-0.4, -0.2) is 36.9 Å². The average Bonchev–Trinajstić information content (AvgIpc) is 3.28. The zero-order valence-electron chi connectivity index (χ0n) is 14.1. The molecule has 132 valence electrons. The average molecular weight is 344 g/mol. The van der Waals surface area contributed by atoms with Crippen molar-refractivity contribution in [2.45, 2.75) is 13.0 Å². The highest BCUT2D eigenvalue weighted by Gasteiger charge is 2.58.